The molecule has 40 heavy (non-hydrogen) atoms. The number of rotatable bonds is 7. The summed E-state index contributed by atoms with van der Waals surface area (Å²) in [6.07, 6.45) is 1.59. The van der Waals surface area contributed by atoms with Gasteiger partial charge in [-0.3, -0.25) is 4.79 Å². The Labute approximate surface area is 247 Å². The molecular formula is C29H23Cl3N4O3S. The minimum Gasteiger partial charge on any atom is -0.349 e. The van der Waals surface area contributed by atoms with E-state index in [0.717, 1.165) is 0 Å². The first-order chi connectivity index (χ1) is 19.2. The zero-order valence-electron chi connectivity index (χ0n) is 21.1. The lowest BCUT2D eigenvalue weighted by Gasteiger charge is -2.27. The molecule has 0 bridgehead atoms. The van der Waals surface area contributed by atoms with Gasteiger partial charge in [-0.25, -0.2) is 13.1 Å². The summed E-state index contributed by atoms with van der Waals surface area (Å²) in [5, 5.41) is 19.0. The Kier molecular flexibility index (Phi) is 7.94. The number of amides is 1. The minimum atomic E-state index is -4.03. The molecule has 1 heterocycles. The third kappa shape index (κ3) is 4.99. The van der Waals surface area contributed by atoms with E-state index in [-0.39, 0.29) is 35.5 Å². The number of para-hydroxylation sites is 1. The van der Waals surface area contributed by atoms with Crippen LogP contribution >= 0.6 is 34.8 Å². The van der Waals surface area contributed by atoms with Crippen molar-refractivity contribution in [1.82, 2.24) is 15.1 Å². The summed E-state index contributed by atoms with van der Waals surface area (Å²) in [7, 11) is -4.03. The largest absolute Gasteiger partial charge is 0.349 e. The number of carbonyl (C=O) groups is 1. The molecule has 1 saturated carbocycles. The Balaban J connectivity index is 1.53. The summed E-state index contributed by atoms with van der Waals surface area (Å²) in [6.45, 7) is -0.155. The predicted molar refractivity (Wildman–Crippen MR) is 155 cm³/mol. The molecule has 0 spiro atoms. The molecule has 7 nitrogen and oxygen atoms in total. The van der Waals surface area contributed by atoms with Crippen molar-refractivity contribution in [2.75, 3.05) is 0 Å². The summed E-state index contributed by atoms with van der Waals surface area (Å²) in [5.41, 5.74) is 2.19. The second-order valence-electron chi connectivity index (χ2n) is 9.49. The van der Waals surface area contributed by atoms with Gasteiger partial charge >= 0.3 is 0 Å². The monoisotopic (exact) mass is 612 g/mol. The van der Waals surface area contributed by atoms with Crippen LogP contribution in [0.4, 0.5) is 0 Å². The summed E-state index contributed by atoms with van der Waals surface area (Å²) in [4.78, 5) is 13.7. The van der Waals surface area contributed by atoms with Crippen molar-refractivity contribution < 1.29 is 13.2 Å². The molecule has 204 valence electrons. The molecule has 3 aromatic carbocycles. The molecular weight excluding hydrogens is 591 g/mol. The second-order valence-corrected chi connectivity index (χ2v) is 13.0. The molecule has 0 atom stereocenters. The standard InChI is InChI=1S/C29H23Cl3N4O3S/c30-20-9-7-19(8-10-20)27-23(17-33)25(35-36(27)26-6-2-1-5-24(26)32)18-34-28(37)29(15-3-4-16-29)40(38,39)22-13-11-21(31)12-14-22/h1-2,5-14H,3-4,15-16,18H2,(H,34,37). The van der Waals surface area contributed by atoms with Crippen LogP contribution in [0.3, 0.4) is 0 Å². The van der Waals surface area contributed by atoms with Gasteiger partial charge in [0.2, 0.25) is 5.91 Å². The van der Waals surface area contributed by atoms with E-state index < -0.39 is 20.5 Å². The van der Waals surface area contributed by atoms with Crippen molar-refractivity contribution in [3.05, 3.63) is 99.1 Å². The first-order valence-corrected chi connectivity index (χ1v) is 15.1. The molecule has 0 unspecified atom stereocenters. The van der Waals surface area contributed by atoms with Crippen LogP contribution in [0.1, 0.15) is 36.9 Å². The molecule has 1 fully saturated rings. The topological polar surface area (TPSA) is 105 Å². The third-order valence-corrected chi connectivity index (χ3v) is 10.5. The van der Waals surface area contributed by atoms with Crippen molar-refractivity contribution in [3.63, 3.8) is 0 Å². The van der Waals surface area contributed by atoms with Crippen molar-refractivity contribution in [3.8, 4) is 23.0 Å². The van der Waals surface area contributed by atoms with Gasteiger partial charge in [0.15, 0.2) is 14.6 Å². The SMILES string of the molecule is N#Cc1c(CNC(=O)C2(S(=O)(=O)c3ccc(Cl)cc3)CCCC2)nn(-c2ccccc2Cl)c1-c1ccc(Cl)cc1. The summed E-state index contributed by atoms with van der Waals surface area (Å²) in [5.74, 6) is -0.621. The van der Waals surface area contributed by atoms with Gasteiger partial charge < -0.3 is 5.32 Å². The summed E-state index contributed by atoms with van der Waals surface area (Å²) < 4.78 is 27.4. The van der Waals surface area contributed by atoms with E-state index in [9.17, 15) is 18.5 Å². The maximum Gasteiger partial charge on any atom is 0.242 e. The van der Waals surface area contributed by atoms with Crippen LogP contribution in [0.2, 0.25) is 15.1 Å². The van der Waals surface area contributed by atoms with Gasteiger partial charge in [0.05, 0.1) is 27.8 Å². The number of aromatic nitrogens is 2. The lowest BCUT2D eigenvalue weighted by molar-refractivity contribution is -0.123. The number of hydrogen-bond acceptors (Lipinski definition) is 5. The van der Waals surface area contributed by atoms with Gasteiger partial charge in [-0.2, -0.15) is 10.4 Å². The molecule has 5 rings (SSSR count). The molecule has 1 aliphatic rings. The van der Waals surface area contributed by atoms with Gasteiger partial charge in [-0.1, -0.05) is 71.9 Å². The quantitative estimate of drug-likeness (QED) is 0.248. The van der Waals surface area contributed by atoms with Gasteiger partial charge in [0, 0.05) is 15.6 Å². The first kappa shape index (κ1) is 28.2. The number of hydrogen-bond donors (Lipinski definition) is 1. The van der Waals surface area contributed by atoms with Crippen molar-refractivity contribution >= 4 is 50.5 Å². The van der Waals surface area contributed by atoms with E-state index in [1.165, 1.54) is 24.3 Å². The second kappa shape index (κ2) is 11.3. The van der Waals surface area contributed by atoms with E-state index in [1.807, 2.05) is 0 Å². The van der Waals surface area contributed by atoms with Gasteiger partial charge in [-0.15, -0.1) is 0 Å². The van der Waals surface area contributed by atoms with E-state index in [4.69, 9.17) is 34.8 Å². The number of nitrogens with one attached hydrogen (secondary N) is 1. The van der Waals surface area contributed by atoms with Crippen LogP contribution in [0, 0.1) is 11.3 Å². The maximum absolute atomic E-state index is 13.7. The highest BCUT2D eigenvalue weighted by Gasteiger charge is 2.52. The number of nitriles is 1. The van der Waals surface area contributed by atoms with Gasteiger partial charge in [0.1, 0.15) is 17.3 Å². The molecule has 1 aliphatic carbocycles. The van der Waals surface area contributed by atoms with E-state index in [0.29, 0.717) is 44.9 Å². The zero-order chi connectivity index (χ0) is 28.5. The molecule has 1 amide bonds. The first-order valence-electron chi connectivity index (χ1n) is 12.5. The zero-order valence-corrected chi connectivity index (χ0v) is 24.2. The van der Waals surface area contributed by atoms with E-state index >= 15 is 0 Å². The Morgan fingerprint density at radius 2 is 1.55 bits per heavy atom. The lowest BCUT2D eigenvalue weighted by atomic mass is 10.0. The maximum atomic E-state index is 13.7. The van der Waals surface area contributed by atoms with Crippen LogP contribution < -0.4 is 5.32 Å². The van der Waals surface area contributed by atoms with E-state index in [2.05, 4.69) is 16.5 Å². The molecule has 1 N–H and O–H groups in total. The van der Waals surface area contributed by atoms with Crippen molar-refractivity contribution in [2.24, 2.45) is 0 Å². The third-order valence-electron chi connectivity index (χ3n) is 7.15. The number of sulfone groups is 1. The van der Waals surface area contributed by atoms with Crippen molar-refractivity contribution in [1.29, 1.82) is 5.26 Å². The molecule has 11 heteroatoms. The smallest absolute Gasteiger partial charge is 0.242 e. The number of benzene rings is 3. The van der Waals surface area contributed by atoms with Crippen LogP contribution in [-0.2, 0) is 21.2 Å². The highest BCUT2D eigenvalue weighted by molar-refractivity contribution is 7.93. The minimum absolute atomic E-state index is 0.0414. The summed E-state index contributed by atoms with van der Waals surface area (Å²) >= 11 is 18.5. The van der Waals surface area contributed by atoms with E-state index in [1.54, 1.807) is 53.2 Å². The molecule has 0 saturated heterocycles. The molecule has 4 aromatic rings. The Morgan fingerprint density at radius 3 is 2.15 bits per heavy atom. The molecule has 0 radical (unpaired) electrons. The van der Waals surface area contributed by atoms with Gasteiger partial charge in [-0.05, 0) is 61.4 Å². The Hall–Kier alpha value is -3.35. The fraction of sp³-hybridized carbons (Fsp3) is 0.207. The fourth-order valence-electron chi connectivity index (χ4n) is 5.11. The normalized spacial score (nSPS) is 14.6. The highest BCUT2D eigenvalue weighted by Crippen LogP contribution is 2.41. The van der Waals surface area contributed by atoms with Crippen LogP contribution in [0.15, 0.2) is 77.7 Å². The molecule has 1 aromatic heterocycles. The van der Waals surface area contributed by atoms with Crippen molar-refractivity contribution in [2.45, 2.75) is 41.9 Å². The highest BCUT2D eigenvalue weighted by atomic mass is 35.5. The Bertz CT molecular complexity index is 1720. The van der Waals surface area contributed by atoms with Crippen LogP contribution in [-0.4, -0.2) is 28.9 Å². The summed E-state index contributed by atoms with van der Waals surface area (Å²) in [6, 6.07) is 22.0. The Morgan fingerprint density at radius 1 is 0.950 bits per heavy atom. The average Bonchev–Trinajstić information content (AvgIpc) is 3.59. The van der Waals surface area contributed by atoms with Crippen LogP contribution in [0.25, 0.3) is 16.9 Å². The average molecular weight is 614 g/mol. The van der Waals surface area contributed by atoms with Crippen LogP contribution in [0.5, 0.6) is 0 Å². The van der Waals surface area contributed by atoms with Gasteiger partial charge in [0.25, 0.3) is 0 Å². The number of halogens is 3. The predicted octanol–water partition coefficient (Wildman–Crippen LogP) is 6.77. The lowest BCUT2D eigenvalue weighted by Crippen LogP contribution is -2.50. The number of nitrogens with zero attached hydrogens (tertiary/aromatic N) is 3. The number of carbonyl (C=O) groups excluding carboxylic acids is 1. The fourth-order valence-corrected chi connectivity index (χ4v) is 7.66. The molecule has 0 aliphatic heterocycles.